The Balaban J connectivity index is 1.45. The second-order valence-electron chi connectivity index (χ2n) is 6.43. The van der Waals surface area contributed by atoms with Gasteiger partial charge in [0.25, 0.3) is 0 Å². The summed E-state index contributed by atoms with van der Waals surface area (Å²) in [6, 6.07) is 0. The third-order valence-corrected chi connectivity index (χ3v) is 4.22. The summed E-state index contributed by atoms with van der Waals surface area (Å²) >= 11 is 0. The summed E-state index contributed by atoms with van der Waals surface area (Å²) < 4.78 is 5.49. The monoisotopic (exact) mass is 255 g/mol. The molecular formula is C15H29NO2. The van der Waals surface area contributed by atoms with Gasteiger partial charge >= 0.3 is 0 Å². The van der Waals surface area contributed by atoms with Gasteiger partial charge < -0.3 is 15.2 Å². The highest BCUT2D eigenvalue weighted by atomic mass is 16.5. The van der Waals surface area contributed by atoms with Crippen LogP contribution in [0.1, 0.15) is 45.4 Å². The molecule has 2 aliphatic rings. The minimum atomic E-state index is -0.343. The van der Waals surface area contributed by atoms with Gasteiger partial charge in [-0.2, -0.15) is 0 Å². The summed E-state index contributed by atoms with van der Waals surface area (Å²) in [5.41, 5.74) is 0. The number of rotatable bonds is 8. The fraction of sp³-hybridized carbons (Fsp3) is 1.00. The van der Waals surface area contributed by atoms with Crippen LogP contribution in [0.25, 0.3) is 0 Å². The maximum Gasteiger partial charge on any atom is 0.0897 e. The maximum absolute atomic E-state index is 9.78. The molecule has 106 valence electrons. The van der Waals surface area contributed by atoms with Crippen molar-refractivity contribution in [2.24, 2.45) is 17.8 Å². The number of hydrogen-bond donors (Lipinski definition) is 2. The topological polar surface area (TPSA) is 41.5 Å². The number of hydrogen-bond acceptors (Lipinski definition) is 3. The van der Waals surface area contributed by atoms with Crippen LogP contribution < -0.4 is 5.32 Å². The molecule has 0 bridgehead atoms. The van der Waals surface area contributed by atoms with E-state index in [2.05, 4.69) is 12.2 Å². The Labute approximate surface area is 111 Å². The Morgan fingerprint density at radius 1 is 1.22 bits per heavy atom. The molecule has 0 aromatic carbocycles. The van der Waals surface area contributed by atoms with Gasteiger partial charge in [-0.1, -0.05) is 19.8 Å². The van der Waals surface area contributed by atoms with Gasteiger partial charge in [0.05, 0.1) is 12.7 Å². The molecule has 2 fully saturated rings. The van der Waals surface area contributed by atoms with E-state index in [0.717, 1.165) is 30.9 Å². The van der Waals surface area contributed by atoms with Crippen molar-refractivity contribution in [2.75, 3.05) is 26.3 Å². The number of nitrogens with one attached hydrogen (secondary N) is 1. The van der Waals surface area contributed by atoms with Gasteiger partial charge in [0.2, 0.25) is 0 Å². The van der Waals surface area contributed by atoms with Crippen LogP contribution in [0.15, 0.2) is 0 Å². The van der Waals surface area contributed by atoms with Crippen molar-refractivity contribution in [1.29, 1.82) is 0 Å². The van der Waals surface area contributed by atoms with Crippen LogP contribution in [0.3, 0.4) is 0 Å². The minimum Gasteiger partial charge on any atom is -0.389 e. The molecule has 2 aliphatic carbocycles. The summed E-state index contributed by atoms with van der Waals surface area (Å²) in [5.74, 6) is 2.49. The highest BCUT2D eigenvalue weighted by Gasteiger charge is 2.22. The van der Waals surface area contributed by atoms with E-state index in [4.69, 9.17) is 4.74 Å². The molecule has 0 aromatic rings. The van der Waals surface area contributed by atoms with Crippen LogP contribution >= 0.6 is 0 Å². The van der Waals surface area contributed by atoms with Gasteiger partial charge in [-0.15, -0.1) is 0 Å². The van der Waals surface area contributed by atoms with Crippen LogP contribution in [-0.2, 0) is 4.74 Å². The standard InChI is InChI=1S/C15H29NO2/c1-12-3-2-4-14(7-12)8-16-9-15(17)11-18-10-13-5-6-13/h12-17H,2-11H2,1H3. The average molecular weight is 255 g/mol. The van der Waals surface area contributed by atoms with E-state index in [9.17, 15) is 5.11 Å². The lowest BCUT2D eigenvalue weighted by atomic mass is 9.82. The molecule has 0 amide bonds. The molecule has 0 radical (unpaired) electrons. The van der Waals surface area contributed by atoms with E-state index in [-0.39, 0.29) is 6.10 Å². The van der Waals surface area contributed by atoms with Crippen LogP contribution in [0.4, 0.5) is 0 Å². The summed E-state index contributed by atoms with van der Waals surface area (Å²) in [5, 5.41) is 13.2. The normalized spacial score (nSPS) is 30.3. The number of aliphatic hydroxyl groups is 1. The first-order chi connectivity index (χ1) is 8.74. The van der Waals surface area contributed by atoms with E-state index < -0.39 is 0 Å². The Hall–Kier alpha value is -0.120. The largest absolute Gasteiger partial charge is 0.389 e. The molecule has 2 N–H and O–H groups in total. The van der Waals surface area contributed by atoms with Gasteiger partial charge in [-0.3, -0.25) is 0 Å². The molecule has 18 heavy (non-hydrogen) atoms. The summed E-state index contributed by atoms with van der Waals surface area (Å²) in [4.78, 5) is 0. The smallest absolute Gasteiger partial charge is 0.0897 e. The zero-order valence-corrected chi connectivity index (χ0v) is 11.7. The van der Waals surface area contributed by atoms with Gasteiger partial charge in [0.1, 0.15) is 0 Å². The van der Waals surface area contributed by atoms with Crippen LogP contribution in [0, 0.1) is 17.8 Å². The molecule has 0 spiro atoms. The first-order valence-corrected chi connectivity index (χ1v) is 7.70. The molecule has 0 aliphatic heterocycles. The third kappa shape index (κ3) is 5.68. The van der Waals surface area contributed by atoms with Crippen molar-refractivity contribution in [3.8, 4) is 0 Å². The van der Waals surface area contributed by atoms with Gasteiger partial charge in [-0.25, -0.2) is 0 Å². The Morgan fingerprint density at radius 3 is 2.78 bits per heavy atom. The van der Waals surface area contributed by atoms with Crippen molar-refractivity contribution in [2.45, 2.75) is 51.6 Å². The minimum absolute atomic E-state index is 0.343. The predicted octanol–water partition coefficient (Wildman–Crippen LogP) is 2.19. The predicted molar refractivity (Wildman–Crippen MR) is 73.5 cm³/mol. The quantitative estimate of drug-likeness (QED) is 0.698. The first kappa shape index (κ1) is 14.3. The SMILES string of the molecule is CC1CCCC(CNCC(O)COCC2CC2)C1. The van der Waals surface area contributed by atoms with Crippen molar-refractivity contribution in [1.82, 2.24) is 5.32 Å². The van der Waals surface area contributed by atoms with Crippen LogP contribution in [0.5, 0.6) is 0 Å². The molecule has 2 rings (SSSR count). The van der Waals surface area contributed by atoms with Crippen molar-refractivity contribution in [3.63, 3.8) is 0 Å². The van der Waals surface area contributed by atoms with E-state index >= 15 is 0 Å². The molecule has 3 nitrogen and oxygen atoms in total. The molecular weight excluding hydrogens is 226 g/mol. The molecule has 3 heteroatoms. The van der Waals surface area contributed by atoms with Crippen molar-refractivity contribution in [3.05, 3.63) is 0 Å². The molecule has 0 saturated heterocycles. The van der Waals surface area contributed by atoms with Crippen molar-refractivity contribution < 1.29 is 9.84 Å². The zero-order valence-electron chi connectivity index (χ0n) is 11.7. The van der Waals surface area contributed by atoms with Crippen LogP contribution in [-0.4, -0.2) is 37.5 Å². The Bertz CT molecular complexity index is 231. The highest BCUT2D eigenvalue weighted by molar-refractivity contribution is 4.74. The number of ether oxygens (including phenoxy) is 1. The van der Waals surface area contributed by atoms with Gasteiger partial charge in [0.15, 0.2) is 0 Å². The third-order valence-electron chi connectivity index (χ3n) is 4.22. The lowest BCUT2D eigenvalue weighted by molar-refractivity contribution is 0.0319. The van der Waals surface area contributed by atoms with Crippen LogP contribution in [0.2, 0.25) is 0 Å². The van der Waals surface area contributed by atoms with E-state index in [0.29, 0.717) is 13.2 Å². The second-order valence-corrected chi connectivity index (χ2v) is 6.43. The fourth-order valence-corrected chi connectivity index (χ4v) is 2.91. The highest BCUT2D eigenvalue weighted by Crippen LogP contribution is 2.29. The summed E-state index contributed by atoms with van der Waals surface area (Å²) in [7, 11) is 0. The van der Waals surface area contributed by atoms with Crippen molar-refractivity contribution >= 4 is 0 Å². The van der Waals surface area contributed by atoms with E-state index in [1.54, 1.807) is 0 Å². The molecule has 3 unspecified atom stereocenters. The van der Waals surface area contributed by atoms with E-state index in [1.807, 2.05) is 0 Å². The number of aliphatic hydroxyl groups excluding tert-OH is 1. The fourth-order valence-electron chi connectivity index (χ4n) is 2.91. The summed E-state index contributed by atoms with van der Waals surface area (Å²) in [6.45, 7) is 5.42. The molecule has 0 aromatic heterocycles. The lowest BCUT2D eigenvalue weighted by Gasteiger charge is -2.27. The maximum atomic E-state index is 9.78. The van der Waals surface area contributed by atoms with Gasteiger partial charge in [-0.05, 0) is 50.0 Å². The molecule has 2 saturated carbocycles. The first-order valence-electron chi connectivity index (χ1n) is 7.70. The Morgan fingerprint density at radius 2 is 2.06 bits per heavy atom. The Kier molecular flexibility index (Phi) is 5.93. The second kappa shape index (κ2) is 7.46. The lowest BCUT2D eigenvalue weighted by Crippen LogP contribution is -2.34. The molecule has 0 heterocycles. The zero-order chi connectivity index (χ0) is 12.8. The summed E-state index contributed by atoms with van der Waals surface area (Å²) in [6.07, 6.45) is 7.76. The molecule has 3 atom stereocenters. The average Bonchev–Trinajstić information content (AvgIpc) is 3.13. The van der Waals surface area contributed by atoms with Gasteiger partial charge in [0, 0.05) is 13.2 Å². The van der Waals surface area contributed by atoms with E-state index in [1.165, 1.54) is 38.5 Å².